The normalized spacial score (nSPS) is 12.9. The van der Waals surface area contributed by atoms with Gasteiger partial charge in [0, 0.05) is 121 Å². The zero-order chi connectivity index (χ0) is 85.4. The Balaban J connectivity index is 0.000000126. The molecule has 26 nitrogen and oxygen atoms in total. The molecule has 0 atom stereocenters. The summed E-state index contributed by atoms with van der Waals surface area (Å²) in [6.07, 6.45) is 20.5. The third kappa shape index (κ3) is 23.0. The standard InChI is InChI=1S/C20H20FN3O2.C20H22N4O2.C20H20N2O3.C19H18ClN3O2.C16H14N4O/c21-15-9-7-14(8-10-15)18-12-19(23-22-18)20(25)24(16-4-1-2-5-16)13-17-6-3-11-26-17;1-3-24(17-8-4-6-15(2)12-17)11-10-22-20(25)18-13-19(26-23-18)16-7-5-9-21-14-16;23-20(18-13-19(25-21-18)15-7-2-1-3-8-15)22(16-9-4-5-10-16)14-17-11-6-12-24-17;1-12-6-9-14(25-12)11-23(13-7-8-13)19(24)18-10-17(21-22-18)15-4-2-3-5-16(15)20;1-20-15(18-16(21)13-8-5-9-17-11-13)10-14(19-20)12-6-3-2-4-7-12/h3,6-12,16H,1-2,4-5,13H2,(H,22,23);4-9,12-14H,3,10-11H2,1-2H3,(H,22,25);1-3,6-8,11-13,16H,4-5,9-10,14H2;2-6,9-10,13H,7-8,11H2,1H3,(H,21,22);2-11H,1H3,(H,18,21). The average molecular weight is 1670 g/mol. The van der Waals surface area contributed by atoms with Crippen molar-refractivity contribution in [2.24, 2.45) is 7.05 Å². The molecular formula is C95H94ClFN16O10. The van der Waals surface area contributed by atoms with E-state index in [9.17, 15) is 28.4 Å². The van der Waals surface area contributed by atoms with Crippen LogP contribution in [-0.2, 0) is 26.7 Å². The average Bonchev–Trinajstić information content (AvgIpc) is 1.66. The van der Waals surface area contributed by atoms with Crippen LogP contribution in [0.4, 0.5) is 15.9 Å². The van der Waals surface area contributed by atoms with E-state index in [-0.39, 0.29) is 59.2 Å². The monoisotopic (exact) mass is 1670 g/mol. The number of aromatic amines is 2. The Kier molecular flexibility index (Phi) is 28.8. The molecule has 18 rings (SSSR count). The van der Waals surface area contributed by atoms with E-state index in [4.69, 9.17) is 33.9 Å². The molecule has 15 aromatic rings. The van der Waals surface area contributed by atoms with E-state index >= 15 is 0 Å². The number of H-pyrrole nitrogens is 2. The van der Waals surface area contributed by atoms with Gasteiger partial charge in [-0.3, -0.25) is 48.8 Å². The summed E-state index contributed by atoms with van der Waals surface area (Å²) in [7, 11) is 1.80. The number of anilines is 2. The maximum Gasteiger partial charge on any atom is 0.276 e. The van der Waals surface area contributed by atoms with Crippen LogP contribution in [0.3, 0.4) is 0 Å². The minimum atomic E-state index is -0.300. The molecule has 628 valence electrons. The van der Waals surface area contributed by atoms with Crippen molar-refractivity contribution in [3.05, 3.63) is 330 Å². The van der Waals surface area contributed by atoms with Gasteiger partial charge >= 0.3 is 0 Å². The van der Waals surface area contributed by atoms with Gasteiger partial charge in [-0.1, -0.05) is 139 Å². The predicted molar refractivity (Wildman–Crippen MR) is 465 cm³/mol. The number of hydrogen-bond acceptors (Lipinski definition) is 18. The van der Waals surface area contributed by atoms with Crippen molar-refractivity contribution in [1.29, 1.82) is 0 Å². The highest BCUT2D eigenvalue weighted by atomic mass is 35.5. The highest BCUT2D eigenvalue weighted by Crippen LogP contribution is 2.35. The number of pyridine rings is 2. The Bertz CT molecular complexity index is 5880. The molecule has 10 heterocycles. The molecule has 5 aromatic carbocycles. The number of aromatic nitrogens is 10. The number of likely N-dealkylation sites (N-methyl/N-ethyl adjacent to an activating group) is 1. The van der Waals surface area contributed by atoms with Crippen LogP contribution in [0.2, 0.25) is 5.02 Å². The van der Waals surface area contributed by atoms with E-state index in [2.05, 4.69) is 93.4 Å². The lowest BCUT2D eigenvalue weighted by molar-refractivity contribution is 0.0633. The van der Waals surface area contributed by atoms with Crippen molar-refractivity contribution in [2.45, 2.75) is 123 Å². The van der Waals surface area contributed by atoms with Crippen LogP contribution in [-0.4, -0.2) is 132 Å². The van der Waals surface area contributed by atoms with Gasteiger partial charge in [-0.25, -0.2) is 4.39 Å². The summed E-state index contributed by atoms with van der Waals surface area (Å²) in [5, 5.41) is 32.8. The summed E-state index contributed by atoms with van der Waals surface area (Å²) in [5.74, 6) is 3.96. The Labute approximate surface area is 715 Å². The van der Waals surface area contributed by atoms with E-state index < -0.39 is 0 Å². The lowest BCUT2D eigenvalue weighted by Crippen LogP contribution is -2.38. The third-order valence-electron chi connectivity index (χ3n) is 21.1. The number of nitrogens with one attached hydrogen (secondary N) is 4. The molecule has 0 radical (unpaired) electrons. The van der Waals surface area contributed by atoms with Crippen LogP contribution in [0.15, 0.2) is 284 Å². The van der Waals surface area contributed by atoms with Crippen LogP contribution >= 0.6 is 11.6 Å². The number of aryl methyl sites for hydroxylation is 3. The Morgan fingerprint density at radius 3 is 1.67 bits per heavy atom. The lowest BCUT2D eigenvalue weighted by Gasteiger charge is -2.27. The quantitative estimate of drug-likeness (QED) is 0.0413. The first-order chi connectivity index (χ1) is 60.0. The number of halogens is 2. The van der Waals surface area contributed by atoms with E-state index in [1.165, 1.54) is 23.9 Å². The van der Waals surface area contributed by atoms with E-state index in [1.54, 1.807) is 91.4 Å². The number of furan rings is 3. The van der Waals surface area contributed by atoms with Crippen molar-refractivity contribution in [1.82, 2.24) is 70.5 Å². The van der Waals surface area contributed by atoms with Gasteiger partial charge in [-0.15, -0.1) is 0 Å². The van der Waals surface area contributed by atoms with Crippen LogP contribution in [0.5, 0.6) is 0 Å². The predicted octanol–water partition coefficient (Wildman–Crippen LogP) is 19.4. The summed E-state index contributed by atoms with van der Waals surface area (Å²) in [5.41, 5.74) is 10.8. The van der Waals surface area contributed by atoms with Gasteiger partial charge in [0.2, 0.25) is 0 Å². The fourth-order valence-electron chi connectivity index (χ4n) is 14.5. The molecule has 0 spiro atoms. The Morgan fingerprint density at radius 1 is 0.520 bits per heavy atom. The molecule has 3 saturated carbocycles. The van der Waals surface area contributed by atoms with Crippen LogP contribution in [0, 0.1) is 19.7 Å². The molecule has 3 aliphatic carbocycles. The number of nitrogens with zero attached hydrogens (tertiary/aromatic N) is 12. The summed E-state index contributed by atoms with van der Waals surface area (Å²) in [4.78, 5) is 79.3. The first-order valence-corrected chi connectivity index (χ1v) is 41.4. The second-order valence-corrected chi connectivity index (χ2v) is 30.3. The van der Waals surface area contributed by atoms with Gasteiger partial charge in [0.15, 0.2) is 22.9 Å². The maximum absolute atomic E-state index is 13.1. The van der Waals surface area contributed by atoms with Gasteiger partial charge < -0.3 is 52.5 Å². The summed E-state index contributed by atoms with van der Waals surface area (Å²) in [6.45, 7) is 9.56. The third-order valence-corrected chi connectivity index (χ3v) is 21.5. The van der Waals surface area contributed by atoms with Crippen molar-refractivity contribution < 1.29 is 50.7 Å². The van der Waals surface area contributed by atoms with Gasteiger partial charge in [-0.2, -0.15) is 15.3 Å². The smallest absolute Gasteiger partial charge is 0.276 e. The summed E-state index contributed by atoms with van der Waals surface area (Å²) >= 11 is 6.22. The van der Waals surface area contributed by atoms with Gasteiger partial charge in [0.1, 0.15) is 46.1 Å². The number of carbonyl (C=O) groups is 5. The molecule has 3 fully saturated rings. The highest BCUT2D eigenvalue weighted by molar-refractivity contribution is 6.33. The first-order valence-electron chi connectivity index (χ1n) is 41.0. The fourth-order valence-corrected chi connectivity index (χ4v) is 14.8. The minimum absolute atomic E-state index is 0.0673. The second kappa shape index (κ2) is 41.6. The molecule has 4 N–H and O–H groups in total. The van der Waals surface area contributed by atoms with Crippen LogP contribution in [0.25, 0.3) is 56.4 Å². The zero-order valence-corrected chi connectivity index (χ0v) is 69.3. The Hall–Kier alpha value is -14.3. The Morgan fingerprint density at radius 2 is 1.08 bits per heavy atom. The molecule has 0 bridgehead atoms. The van der Waals surface area contributed by atoms with E-state index in [1.807, 2.05) is 167 Å². The molecule has 0 unspecified atom stereocenters. The fraction of sp³-hybridized carbons (Fsp3) is 0.242. The molecule has 3 aliphatic rings. The van der Waals surface area contributed by atoms with Crippen LogP contribution < -0.4 is 15.5 Å². The number of rotatable bonds is 25. The van der Waals surface area contributed by atoms with Crippen molar-refractivity contribution in [3.63, 3.8) is 0 Å². The largest absolute Gasteiger partial charge is 0.467 e. The molecule has 0 saturated heterocycles. The maximum atomic E-state index is 13.1. The molecule has 5 amide bonds. The van der Waals surface area contributed by atoms with Crippen molar-refractivity contribution in [2.75, 3.05) is 29.9 Å². The second-order valence-electron chi connectivity index (χ2n) is 29.9. The number of amides is 5. The zero-order valence-electron chi connectivity index (χ0n) is 68.6. The van der Waals surface area contributed by atoms with Gasteiger partial charge in [-0.05, 0) is 180 Å². The van der Waals surface area contributed by atoms with E-state index in [0.29, 0.717) is 82.6 Å². The first kappa shape index (κ1) is 85.1. The molecule has 10 aromatic heterocycles. The number of carbonyl (C=O) groups excluding carboxylic acids is 5. The van der Waals surface area contributed by atoms with Crippen molar-refractivity contribution >= 4 is 52.6 Å². The SMILES string of the molecule is CCN(CCNC(=O)c1cc(-c2cccnc2)on1)c1cccc(C)c1.Cc1ccc(CN(C(=O)c2cc(-c3ccccc3Cl)n[nH]2)C2CC2)o1.Cn1nc(-c2ccccc2)cc1NC(=O)c1cccnc1.O=C(c1cc(-c2ccc(F)cc2)n[nH]1)N(Cc1ccco1)C1CCCC1.O=C(c1cc(-c2ccccc2)on1)N(Cc1ccco1)C1CCCC1. The number of benzene rings is 5. The van der Waals surface area contributed by atoms with Crippen molar-refractivity contribution in [3.8, 4) is 56.4 Å². The molecule has 0 aliphatic heterocycles. The molecule has 28 heteroatoms. The van der Waals surface area contributed by atoms with Gasteiger partial charge in [0.25, 0.3) is 29.5 Å². The minimum Gasteiger partial charge on any atom is -0.467 e. The van der Waals surface area contributed by atoms with Crippen LogP contribution in [0.1, 0.15) is 152 Å². The molecular weight excluding hydrogens is 1580 g/mol. The van der Waals surface area contributed by atoms with E-state index in [0.717, 1.165) is 140 Å². The topological polar surface area (TPSA) is 315 Å². The summed E-state index contributed by atoms with van der Waals surface area (Å²) < 4.78 is 41.9. The molecule has 123 heavy (non-hydrogen) atoms. The summed E-state index contributed by atoms with van der Waals surface area (Å²) in [6, 6.07) is 69.2. The lowest BCUT2D eigenvalue weighted by atomic mass is 10.1. The highest BCUT2D eigenvalue weighted by Gasteiger charge is 2.36. The number of hydrogen-bond donors (Lipinski definition) is 4. The van der Waals surface area contributed by atoms with Gasteiger partial charge in [0.05, 0.1) is 59.8 Å².